The smallest absolute Gasteiger partial charge is 0.272 e. The molecule has 1 aromatic rings. The van der Waals surface area contributed by atoms with Crippen LogP contribution >= 0.6 is 0 Å². The Morgan fingerprint density at radius 3 is 2.84 bits per heavy atom. The summed E-state index contributed by atoms with van der Waals surface area (Å²) in [5, 5.41) is 9.10. The molecule has 1 heterocycles. The third-order valence-electron chi connectivity index (χ3n) is 3.32. The molecule has 7 nitrogen and oxygen atoms in total. The highest BCUT2D eigenvalue weighted by atomic mass is 16.3. The summed E-state index contributed by atoms with van der Waals surface area (Å²) in [4.78, 5) is 22.3. The van der Waals surface area contributed by atoms with Gasteiger partial charge in [-0.1, -0.05) is 0 Å². The minimum Gasteiger partial charge on any atom is -0.395 e. The van der Waals surface area contributed by atoms with Gasteiger partial charge in [0.1, 0.15) is 5.69 Å². The van der Waals surface area contributed by atoms with Crippen LogP contribution in [-0.2, 0) is 0 Å². The van der Waals surface area contributed by atoms with Gasteiger partial charge in [-0.3, -0.25) is 10.2 Å². The summed E-state index contributed by atoms with van der Waals surface area (Å²) in [6, 6.07) is 1.84. The van der Waals surface area contributed by atoms with Crippen LogP contribution < -0.4 is 11.3 Å². The molecule has 0 aliphatic heterocycles. The van der Waals surface area contributed by atoms with Crippen LogP contribution in [-0.4, -0.2) is 45.1 Å². The van der Waals surface area contributed by atoms with Crippen molar-refractivity contribution in [1.82, 2.24) is 14.9 Å². The average molecular weight is 265 g/mol. The normalized spacial score (nSPS) is 14.9. The topological polar surface area (TPSA) is 104 Å². The highest BCUT2D eigenvalue weighted by Gasteiger charge is 2.29. The van der Waals surface area contributed by atoms with Gasteiger partial charge in [-0.05, 0) is 32.3 Å². The van der Waals surface area contributed by atoms with Crippen LogP contribution in [0.1, 0.15) is 35.4 Å². The van der Waals surface area contributed by atoms with Crippen LogP contribution in [0.25, 0.3) is 0 Å². The Labute approximate surface area is 111 Å². The van der Waals surface area contributed by atoms with Gasteiger partial charge in [0.15, 0.2) is 0 Å². The minimum absolute atomic E-state index is 0.0473. The Kier molecular flexibility index (Phi) is 4.28. The van der Waals surface area contributed by atoms with Gasteiger partial charge in [-0.25, -0.2) is 15.8 Å². The van der Waals surface area contributed by atoms with E-state index < -0.39 is 0 Å². The number of aryl methyl sites for hydroxylation is 1. The fourth-order valence-electron chi connectivity index (χ4n) is 2.15. The van der Waals surface area contributed by atoms with E-state index in [-0.39, 0.29) is 24.5 Å². The Hall–Kier alpha value is -1.73. The molecule has 1 fully saturated rings. The van der Waals surface area contributed by atoms with E-state index in [0.29, 0.717) is 17.9 Å². The molecular weight excluding hydrogens is 246 g/mol. The number of carbonyl (C=O) groups is 1. The number of rotatable bonds is 5. The van der Waals surface area contributed by atoms with Crippen molar-refractivity contribution in [2.24, 2.45) is 5.84 Å². The third-order valence-corrected chi connectivity index (χ3v) is 3.32. The Balaban J connectivity index is 2.22. The summed E-state index contributed by atoms with van der Waals surface area (Å²) in [5.74, 6) is 5.32. The molecule has 0 bridgehead atoms. The molecule has 0 radical (unpaired) electrons. The number of anilines is 1. The van der Waals surface area contributed by atoms with E-state index >= 15 is 0 Å². The maximum Gasteiger partial charge on any atom is 0.272 e. The van der Waals surface area contributed by atoms with Crippen LogP contribution in [0.3, 0.4) is 0 Å². The van der Waals surface area contributed by atoms with Crippen LogP contribution in [0.5, 0.6) is 0 Å². The van der Waals surface area contributed by atoms with Crippen LogP contribution in [0.2, 0.25) is 0 Å². The molecule has 0 aromatic carbocycles. The molecular formula is C12H19N5O2. The number of aromatic nitrogens is 2. The fraction of sp³-hybridized carbons (Fsp3) is 0.583. The number of nitrogens with one attached hydrogen (secondary N) is 1. The van der Waals surface area contributed by atoms with E-state index in [1.807, 2.05) is 0 Å². The van der Waals surface area contributed by atoms with Gasteiger partial charge in [-0.2, -0.15) is 0 Å². The van der Waals surface area contributed by atoms with Crippen molar-refractivity contribution in [2.75, 3.05) is 18.6 Å². The van der Waals surface area contributed by atoms with Gasteiger partial charge in [0, 0.05) is 18.3 Å². The van der Waals surface area contributed by atoms with Crippen LogP contribution in [0, 0.1) is 6.92 Å². The molecule has 1 aromatic heterocycles. The Bertz CT molecular complexity index is 461. The number of aliphatic hydroxyl groups excluding tert-OH is 1. The van der Waals surface area contributed by atoms with Crippen molar-refractivity contribution in [2.45, 2.75) is 32.2 Å². The first-order chi connectivity index (χ1) is 9.15. The van der Waals surface area contributed by atoms with Crippen molar-refractivity contribution in [1.29, 1.82) is 0 Å². The molecule has 1 aliphatic rings. The summed E-state index contributed by atoms with van der Waals surface area (Å²) < 4.78 is 0. The standard InChI is InChI=1S/C12H19N5O2/c1-8-7-10(15-12(14-8)16-13)11(19)17(5-6-18)9-3-2-4-9/h7,9,18H,2-6,13H2,1H3,(H,14,15,16). The van der Waals surface area contributed by atoms with E-state index in [1.165, 1.54) is 0 Å². The van der Waals surface area contributed by atoms with Gasteiger partial charge in [0.2, 0.25) is 5.95 Å². The largest absolute Gasteiger partial charge is 0.395 e. The van der Waals surface area contributed by atoms with E-state index in [9.17, 15) is 4.79 Å². The van der Waals surface area contributed by atoms with Gasteiger partial charge < -0.3 is 10.0 Å². The lowest BCUT2D eigenvalue weighted by molar-refractivity contribution is 0.0520. The predicted octanol–water partition coefficient (Wildman–Crippen LogP) is 0.0576. The second-order valence-electron chi connectivity index (χ2n) is 4.67. The molecule has 19 heavy (non-hydrogen) atoms. The lowest BCUT2D eigenvalue weighted by Gasteiger charge is -2.37. The third kappa shape index (κ3) is 2.99. The molecule has 4 N–H and O–H groups in total. The number of carbonyl (C=O) groups excluding carboxylic acids is 1. The Morgan fingerprint density at radius 1 is 1.58 bits per heavy atom. The Morgan fingerprint density at radius 2 is 2.32 bits per heavy atom. The number of nitrogens with zero attached hydrogens (tertiary/aromatic N) is 3. The number of nitrogen functional groups attached to an aromatic ring is 1. The number of aliphatic hydroxyl groups is 1. The lowest BCUT2D eigenvalue weighted by atomic mass is 9.91. The van der Waals surface area contributed by atoms with Crippen molar-refractivity contribution in [3.05, 3.63) is 17.5 Å². The molecule has 1 saturated carbocycles. The lowest BCUT2D eigenvalue weighted by Crippen LogP contribution is -2.46. The minimum atomic E-state index is -0.180. The summed E-state index contributed by atoms with van der Waals surface area (Å²) in [7, 11) is 0. The summed E-state index contributed by atoms with van der Waals surface area (Å²) in [5.41, 5.74) is 3.33. The molecule has 7 heteroatoms. The van der Waals surface area contributed by atoms with Crippen molar-refractivity contribution >= 4 is 11.9 Å². The molecule has 0 spiro atoms. The highest BCUT2D eigenvalue weighted by Crippen LogP contribution is 2.25. The quantitative estimate of drug-likeness (QED) is 0.513. The zero-order valence-electron chi connectivity index (χ0n) is 11.0. The number of hydrazine groups is 1. The SMILES string of the molecule is Cc1cc(C(=O)N(CCO)C2CCC2)nc(NN)n1. The first-order valence-electron chi connectivity index (χ1n) is 6.40. The zero-order valence-corrected chi connectivity index (χ0v) is 11.0. The predicted molar refractivity (Wildman–Crippen MR) is 70.3 cm³/mol. The molecule has 0 unspecified atom stereocenters. The second kappa shape index (κ2) is 5.94. The number of amides is 1. The second-order valence-corrected chi connectivity index (χ2v) is 4.67. The van der Waals surface area contributed by atoms with E-state index in [1.54, 1.807) is 17.9 Å². The maximum absolute atomic E-state index is 12.4. The van der Waals surface area contributed by atoms with Gasteiger partial charge in [-0.15, -0.1) is 0 Å². The fourth-order valence-corrected chi connectivity index (χ4v) is 2.15. The average Bonchev–Trinajstić information content (AvgIpc) is 2.34. The first-order valence-corrected chi connectivity index (χ1v) is 6.40. The molecule has 0 atom stereocenters. The van der Waals surface area contributed by atoms with Crippen molar-refractivity contribution in [3.63, 3.8) is 0 Å². The summed E-state index contributed by atoms with van der Waals surface area (Å²) in [6.45, 7) is 2.06. The van der Waals surface area contributed by atoms with E-state index in [0.717, 1.165) is 19.3 Å². The monoisotopic (exact) mass is 265 g/mol. The van der Waals surface area contributed by atoms with Gasteiger partial charge >= 0.3 is 0 Å². The molecule has 1 aliphatic carbocycles. The summed E-state index contributed by atoms with van der Waals surface area (Å²) >= 11 is 0. The molecule has 0 saturated heterocycles. The molecule has 104 valence electrons. The zero-order chi connectivity index (χ0) is 13.8. The highest BCUT2D eigenvalue weighted by molar-refractivity contribution is 5.93. The molecule has 1 amide bonds. The van der Waals surface area contributed by atoms with Crippen LogP contribution in [0.15, 0.2) is 6.07 Å². The number of hydrogen-bond acceptors (Lipinski definition) is 6. The van der Waals surface area contributed by atoms with E-state index in [4.69, 9.17) is 10.9 Å². The van der Waals surface area contributed by atoms with E-state index in [2.05, 4.69) is 15.4 Å². The maximum atomic E-state index is 12.4. The van der Waals surface area contributed by atoms with Gasteiger partial charge in [0.05, 0.1) is 6.61 Å². The van der Waals surface area contributed by atoms with Crippen molar-refractivity contribution in [3.8, 4) is 0 Å². The molecule has 2 rings (SSSR count). The first kappa shape index (κ1) is 13.7. The van der Waals surface area contributed by atoms with Crippen molar-refractivity contribution < 1.29 is 9.90 Å². The summed E-state index contributed by atoms with van der Waals surface area (Å²) in [6.07, 6.45) is 3.09. The number of hydrogen-bond donors (Lipinski definition) is 3. The number of nitrogens with two attached hydrogens (primary N) is 1. The van der Waals surface area contributed by atoms with Crippen LogP contribution in [0.4, 0.5) is 5.95 Å². The van der Waals surface area contributed by atoms with Gasteiger partial charge in [0.25, 0.3) is 5.91 Å².